The molecule has 0 saturated carbocycles. The summed E-state index contributed by atoms with van der Waals surface area (Å²) in [6.07, 6.45) is 5.04. The monoisotopic (exact) mass is 455 g/mol. The predicted octanol–water partition coefficient (Wildman–Crippen LogP) is 3.83. The molecule has 0 radical (unpaired) electrons. The molecule has 3 heterocycles. The van der Waals surface area contributed by atoms with Crippen LogP contribution >= 0.6 is 15.9 Å². The van der Waals surface area contributed by atoms with Gasteiger partial charge in [0.25, 0.3) is 5.91 Å². The number of aryl methyl sites for hydroxylation is 1. The number of nitrogens with one attached hydrogen (secondary N) is 1. The summed E-state index contributed by atoms with van der Waals surface area (Å²) < 4.78 is 2.41. The van der Waals surface area contributed by atoms with E-state index in [-0.39, 0.29) is 5.91 Å². The maximum absolute atomic E-state index is 12.6. The fraction of sp³-hybridized carbons (Fsp3) is 0.409. The zero-order valence-electron chi connectivity index (χ0n) is 16.6. The number of aromatic nitrogens is 3. The standard InChI is InChI=1S/C22H26BrN5O/c1-16-19(14-25-21-13-20(23)26-28(16)21)22(29)24-10-7-17-8-11-27(12-9-17)15-18-5-3-2-4-6-18/h2-6,13-14,17H,7-12,15H2,1H3,(H,24,29). The SMILES string of the molecule is Cc1c(C(=O)NCCC2CCN(Cc3ccccc3)CC2)cnc2cc(Br)nn12. The van der Waals surface area contributed by atoms with Crippen molar-refractivity contribution in [3.63, 3.8) is 0 Å². The summed E-state index contributed by atoms with van der Waals surface area (Å²) in [5.41, 5.74) is 3.48. The first-order chi connectivity index (χ1) is 14.1. The van der Waals surface area contributed by atoms with Crippen molar-refractivity contribution in [1.82, 2.24) is 24.8 Å². The minimum absolute atomic E-state index is 0.0787. The number of rotatable bonds is 6. The number of hydrogen-bond donors (Lipinski definition) is 1. The van der Waals surface area contributed by atoms with Crippen molar-refractivity contribution in [1.29, 1.82) is 0 Å². The number of benzene rings is 1. The lowest BCUT2D eigenvalue weighted by Gasteiger charge is -2.32. The van der Waals surface area contributed by atoms with Gasteiger partial charge in [-0.05, 0) is 66.7 Å². The Morgan fingerprint density at radius 3 is 2.76 bits per heavy atom. The number of piperidine rings is 1. The second-order valence-electron chi connectivity index (χ2n) is 7.74. The van der Waals surface area contributed by atoms with Crippen LogP contribution in [0.4, 0.5) is 0 Å². The fourth-order valence-electron chi connectivity index (χ4n) is 4.00. The first-order valence-electron chi connectivity index (χ1n) is 10.2. The lowest BCUT2D eigenvalue weighted by atomic mass is 9.93. The molecule has 6 nitrogen and oxygen atoms in total. The van der Waals surface area contributed by atoms with E-state index in [9.17, 15) is 4.79 Å². The normalized spacial score (nSPS) is 15.7. The van der Waals surface area contributed by atoms with Crippen molar-refractivity contribution in [2.24, 2.45) is 5.92 Å². The molecule has 0 bridgehead atoms. The van der Waals surface area contributed by atoms with Gasteiger partial charge in [-0.25, -0.2) is 9.50 Å². The van der Waals surface area contributed by atoms with E-state index in [1.165, 1.54) is 18.4 Å². The van der Waals surface area contributed by atoms with Crippen LogP contribution in [-0.4, -0.2) is 45.0 Å². The summed E-state index contributed by atoms with van der Waals surface area (Å²) in [4.78, 5) is 19.5. The number of halogens is 1. The van der Waals surface area contributed by atoms with Crippen LogP contribution < -0.4 is 5.32 Å². The molecule has 1 aliphatic rings. The van der Waals surface area contributed by atoms with E-state index in [2.05, 4.69) is 66.6 Å². The third kappa shape index (κ3) is 4.85. The van der Waals surface area contributed by atoms with E-state index >= 15 is 0 Å². The van der Waals surface area contributed by atoms with Gasteiger partial charge in [0.1, 0.15) is 4.60 Å². The average Bonchev–Trinajstić information content (AvgIpc) is 3.12. The molecule has 1 aliphatic heterocycles. The van der Waals surface area contributed by atoms with Gasteiger partial charge in [0, 0.05) is 25.4 Å². The Balaban J connectivity index is 1.24. The third-order valence-corrected chi connectivity index (χ3v) is 6.12. The van der Waals surface area contributed by atoms with Gasteiger partial charge in [0.15, 0.2) is 5.65 Å². The quantitative estimate of drug-likeness (QED) is 0.613. The third-order valence-electron chi connectivity index (χ3n) is 5.73. The highest BCUT2D eigenvalue weighted by Crippen LogP contribution is 2.21. The van der Waals surface area contributed by atoms with Gasteiger partial charge in [0.2, 0.25) is 0 Å². The summed E-state index contributed by atoms with van der Waals surface area (Å²) in [6.45, 7) is 5.87. The van der Waals surface area contributed by atoms with Crippen molar-refractivity contribution in [3.8, 4) is 0 Å². The molecule has 1 fully saturated rings. The Hall–Kier alpha value is -2.25. The van der Waals surface area contributed by atoms with Gasteiger partial charge in [-0.15, -0.1) is 0 Å². The molecule has 29 heavy (non-hydrogen) atoms. The minimum atomic E-state index is -0.0787. The van der Waals surface area contributed by atoms with E-state index in [4.69, 9.17) is 0 Å². The smallest absolute Gasteiger partial charge is 0.254 e. The predicted molar refractivity (Wildman–Crippen MR) is 117 cm³/mol. The Labute approximate surface area is 179 Å². The summed E-state index contributed by atoms with van der Waals surface area (Å²) >= 11 is 3.35. The van der Waals surface area contributed by atoms with Crippen molar-refractivity contribution in [2.45, 2.75) is 32.7 Å². The van der Waals surface area contributed by atoms with Crippen LogP contribution in [0.3, 0.4) is 0 Å². The molecule has 1 saturated heterocycles. The molecule has 0 aliphatic carbocycles. The highest BCUT2D eigenvalue weighted by molar-refractivity contribution is 9.10. The molecule has 1 amide bonds. The lowest BCUT2D eigenvalue weighted by molar-refractivity contribution is 0.0946. The maximum atomic E-state index is 12.6. The van der Waals surface area contributed by atoms with Gasteiger partial charge in [0.05, 0.1) is 11.3 Å². The number of carbonyl (C=O) groups excluding carboxylic acids is 1. The van der Waals surface area contributed by atoms with E-state index in [0.717, 1.165) is 37.4 Å². The van der Waals surface area contributed by atoms with E-state index in [1.54, 1.807) is 10.7 Å². The van der Waals surface area contributed by atoms with Crippen molar-refractivity contribution in [3.05, 3.63) is 64.0 Å². The average molecular weight is 456 g/mol. The minimum Gasteiger partial charge on any atom is -0.352 e. The fourth-order valence-corrected chi connectivity index (χ4v) is 4.37. The number of amides is 1. The van der Waals surface area contributed by atoms with E-state index < -0.39 is 0 Å². The van der Waals surface area contributed by atoms with Gasteiger partial charge in [-0.3, -0.25) is 9.69 Å². The molecular weight excluding hydrogens is 430 g/mol. The topological polar surface area (TPSA) is 62.5 Å². The molecule has 3 aromatic rings. The zero-order chi connectivity index (χ0) is 20.2. The number of carbonyl (C=O) groups is 1. The Bertz CT molecular complexity index is 980. The molecule has 0 unspecified atom stereocenters. The van der Waals surface area contributed by atoms with Crippen LogP contribution in [0.2, 0.25) is 0 Å². The molecule has 0 spiro atoms. The maximum Gasteiger partial charge on any atom is 0.254 e. The van der Waals surface area contributed by atoms with Crippen LogP contribution in [0.5, 0.6) is 0 Å². The molecular formula is C22H26BrN5O. The molecule has 2 aromatic heterocycles. The van der Waals surface area contributed by atoms with Crippen molar-refractivity contribution < 1.29 is 4.79 Å². The Morgan fingerprint density at radius 1 is 1.24 bits per heavy atom. The summed E-state index contributed by atoms with van der Waals surface area (Å²) in [5.74, 6) is 0.594. The number of nitrogens with zero attached hydrogens (tertiary/aromatic N) is 4. The van der Waals surface area contributed by atoms with E-state index in [0.29, 0.717) is 22.6 Å². The van der Waals surface area contributed by atoms with Gasteiger partial charge < -0.3 is 5.32 Å². The van der Waals surface area contributed by atoms with Crippen LogP contribution in [0, 0.1) is 12.8 Å². The van der Waals surface area contributed by atoms with Crippen LogP contribution in [0.15, 0.2) is 47.2 Å². The van der Waals surface area contributed by atoms with Gasteiger partial charge in [-0.1, -0.05) is 30.3 Å². The Kier molecular flexibility index (Phi) is 6.25. The molecule has 1 aromatic carbocycles. The largest absolute Gasteiger partial charge is 0.352 e. The second-order valence-corrected chi connectivity index (χ2v) is 8.56. The highest BCUT2D eigenvalue weighted by Gasteiger charge is 2.20. The Morgan fingerprint density at radius 2 is 2.00 bits per heavy atom. The van der Waals surface area contributed by atoms with Crippen LogP contribution in [0.25, 0.3) is 5.65 Å². The number of fused-ring (bicyclic) bond motifs is 1. The first kappa shape index (κ1) is 20.0. The summed E-state index contributed by atoms with van der Waals surface area (Å²) in [5, 5.41) is 7.40. The molecule has 7 heteroatoms. The molecule has 0 atom stereocenters. The molecule has 4 rings (SSSR count). The van der Waals surface area contributed by atoms with Gasteiger partial charge >= 0.3 is 0 Å². The summed E-state index contributed by atoms with van der Waals surface area (Å²) in [6, 6.07) is 12.5. The van der Waals surface area contributed by atoms with Crippen molar-refractivity contribution in [2.75, 3.05) is 19.6 Å². The van der Waals surface area contributed by atoms with Crippen LogP contribution in [-0.2, 0) is 6.54 Å². The number of hydrogen-bond acceptors (Lipinski definition) is 4. The highest BCUT2D eigenvalue weighted by atomic mass is 79.9. The lowest BCUT2D eigenvalue weighted by Crippen LogP contribution is -2.35. The van der Waals surface area contributed by atoms with Gasteiger partial charge in [-0.2, -0.15) is 5.10 Å². The van der Waals surface area contributed by atoms with Crippen molar-refractivity contribution >= 4 is 27.5 Å². The molecule has 152 valence electrons. The van der Waals surface area contributed by atoms with E-state index in [1.807, 2.05) is 13.0 Å². The zero-order valence-corrected chi connectivity index (χ0v) is 18.2. The van der Waals surface area contributed by atoms with Crippen LogP contribution in [0.1, 0.15) is 40.9 Å². The second kappa shape index (κ2) is 9.05. The first-order valence-corrected chi connectivity index (χ1v) is 10.9. The number of likely N-dealkylation sites (tertiary alicyclic amines) is 1. The molecule has 1 N–H and O–H groups in total. The summed E-state index contributed by atoms with van der Waals surface area (Å²) in [7, 11) is 0.